The number of esters is 4. The van der Waals surface area contributed by atoms with Crippen LogP contribution in [0.25, 0.3) is 17.2 Å². The van der Waals surface area contributed by atoms with Crippen LogP contribution in [-0.2, 0) is 28.6 Å². The van der Waals surface area contributed by atoms with E-state index < -0.39 is 17.9 Å². The number of carbonyl (C=O) groups excluding carboxylic acids is 4. The van der Waals surface area contributed by atoms with Crippen LogP contribution in [0, 0.1) is 6.92 Å². The fourth-order valence-electron chi connectivity index (χ4n) is 4.78. The second-order valence-corrected chi connectivity index (χ2v) is 11.4. The summed E-state index contributed by atoms with van der Waals surface area (Å²) < 4.78 is 26.6. The fraction of sp³-hybridized carbons (Fsp3) is 0.317. The molecule has 0 aliphatic carbocycles. The summed E-state index contributed by atoms with van der Waals surface area (Å²) >= 11 is 0. The van der Waals surface area contributed by atoms with Crippen molar-refractivity contribution in [2.75, 3.05) is 26.4 Å². The van der Waals surface area contributed by atoms with Crippen LogP contribution in [-0.4, -0.2) is 50.3 Å². The minimum Gasteiger partial charge on any atom is -0.493 e. The largest absolute Gasteiger partial charge is 0.493 e. The molecule has 0 aromatic heterocycles. The number of ether oxygens (including phenoxy) is 5. The van der Waals surface area contributed by atoms with Crippen LogP contribution in [0.5, 0.6) is 11.5 Å². The van der Waals surface area contributed by atoms with E-state index in [9.17, 15) is 19.2 Å². The van der Waals surface area contributed by atoms with E-state index in [1.807, 2.05) is 49.4 Å². The van der Waals surface area contributed by atoms with Gasteiger partial charge in [0.1, 0.15) is 11.5 Å². The standard InChI is InChI=1S/C41H46O9/c1-4-38(42)47-27-11-9-7-6-8-10-26-46-37-24-14-32(30-31(37)3)15-25-40(44)50-36-22-20-34(21-23-36)33-16-18-35(19-17-33)41(45)49-29-13-12-28-48-39(43)5-2/h4-5,14-25,30H,1-2,6-13,26-29H2,3H3/b25-15+. The Morgan fingerprint density at radius 1 is 0.600 bits per heavy atom. The quantitative estimate of drug-likeness (QED) is 0.0339. The second kappa shape index (κ2) is 22.2. The molecule has 3 rings (SSSR count). The van der Waals surface area contributed by atoms with Gasteiger partial charge in [-0.25, -0.2) is 19.2 Å². The molecule has 9 heteroatoms. The normalized spacial score (nSPS) is 10.7. The lowest BCUT2D eigenvalue weighted by Gasteiger charge is -2.10. The Morgan fingerprint density at radius 2 is 1.12 bits per heavy atom. The monoisotopic (exact) mass is 682 g/mol. The predicted molar refractivity (Wildman–Crippen MR) is 193 cm³/mol. The molecule has 0 bridgehead atoms. The Morgan fingerprint density at radius 3 is 1.70 bits per heavy atom. The first-order valence-corrected chi connectivity index (χ1v) is 16.9. The lowest BCUT2D eigenvalue weighted by atomic mass is 10.0. The lowest BCUT2D eigenvalue weighted by Crippen LogP contribution is -2.08. The van der Waals surface area contributed by atoms with Crippen molar-refractivity contribution in [1.29, 1.82) is 0 Å². The molecule has 3 aromatic rings. The summed E-state index contributed by atoms with van der Waals surface area (Å²) in [4.78, 5) is 46.8. The van der Waals surface area contributed by atoms with Crippen LogP contribution < -0.4 is 9.47 Å². The highest BCUT2D eigenvalue weighted by molar-refractivity contribution is 5.90. The third-order valence-electron chi connectivity index (χ3n) is 7.53. The number of rotatable bonds is 22. The molecule has 9 nitrogen and oxygen atoms in total. The minimum atomic E-state index is -0.492. The molecule has 0 heterocycles. The average Bonchev–Trinajstić information content (AvgIpc) is 3.13. The molecule has 0 amide bonds. The maximum absolute atomic E-state index is 12.5. The van der Waals surface area contributed by atoms with E-state index in [4.69, 9.17) is 23.7 Å². The zero-order chi connectivity index (χ0) is 36.0. The van der Waals surface area contributed by atoms with Gasteiger partial charge in [0.05, 0.1) is 32.0 Å². The summed E-state index contributed by atoms with van der Waals surface area (Å²) in [5.41, 5.74) is 4.06. The van der Waals surface area contributed by atoms with Gasteiger partial charge in [-0.3, -0.25) is 0 Å². The molecule has 3 aromatic carbocycles. The average molecular weight is 683 g/mol. The van der Waals surface area contributed by atoms with Crippen LogP contribution in [0.1, 0.15) is 72.9 Å². The number of unbranched alkanes of at least 4 members (excludes halogenated alkanes) is 6. The highest BCUT2D eigenvalue weighted by Crippen LogP contribution is 2.24. The summed E-state index contributed by atoms with van der Waals surface area (Å²) in [5, 5.41) is 0. The van der Waals surface area contributed by atoms with Crippen molar-refractivity contribution in [1.82, 2.24) is 0 Å². The van der Waals surface area contributed by atoms with E-state index in [1.54, 1.807) is 30.3 Å². The smallest absolute Gasteiger partial charge is 0.338 e. The zero-order valence-electron chi connectivity index (χ0n) is 28.7. The highest BCUT2D eigenvalue weighted by Gasteiger charge is 2.09. The first-order valence-electron chi connectivity index (χ1n) is 16.9. The van der Waals surface area contributed by atoms with E-state index in [1.165, 1.54) is 12.2 Å². The maximum Gasteiger partial charge on any atom is 0.338 e. The topological polar surface area (TPSA) is 114 Å². The summed E-state index contributed by atoms with van der Waals surface area (Å²) in [5.74, 6) is -0.524. The molecular weight excluding hydrogens is 636 g/mol. The Kier molecular flexibility index (Phi) is 17.4. The van der Waals surface area contributed by atoms with Crippen molar-refractivity contribution in [3.8, 4) is 22.6 Å². The Balaban J connectivity index is 1.35. The summed E-state index contributed by atoms with van der Waals surface area (Å²) in [6, 6.07) is 19.9. The van der Waals surface area contributed by atoms with Crippen LogP contribution in [0.15, 0.2) is 98.1 Å². The van der Waals surface area contributed by atoms with E-state index in [0.29, 0.717) is 37.4 Å². The van der Waals surface area contributed by atoms with Gasteiger partial charge in [-0.05, 0) is 97.3 Å². The molecule has 0 aliphatic rings. The van der Waals surface area contributed by atoms with Crippen LogP contribution in [0.2, 0.25) is 0 Å². The van der Waals surface area contributed by atoms with Crippen molar-refractivity contribution >= 4 is 30.0 Å². The molecule has 0 radical (unpaired) electrons. The van der Waals surface area contributed by atoms with Gasteiger partial charge in [0.15, 0.2) is 0 Å². The van der Waals surface area contributed by atoms with Gasteiger partial charge < -0.3 is 23.7 Å². The molecule has 0 N–H and O–H groups in total. The van der Waals surface area contributed by atoms with E-state index in [-0.39, 0.29) is 19.2 Å². The predicted octanol–water partition coefficient (Wildman–Crippen LogP) is 8.40. The van der Waals surface area contributed by atoms with Crippen molar-refractivity contribution in [3.05, 3.63) is 115 Å². The number of hydrogen-bond acceptors (Lipinski definition) is 9. The number of hydrogen-bond donors (Lipinski definition) is 0. The van der Waals surface area contributed by atoms with E-state index >= 15 is 0 Å². The zero-order valence-corrected chi connectivity index (χ0v) is 28.7. The fourth-order valence-corrected chi connectivity index (χ4v) is 4.78. The van der Waals surface area contributed by atoms with Crippen LogP contribution >= 0.6 is 0 Å². The van der Waals surface area contributed by atoms with Gasteiger partial charge in [0.25, 0.3) is 0 Å². The Bertz CT molecular complexity index is 1590. The SMILES string of the molecule is C=CC(=O)OCCCCCCCCOc1ccc(/C=C/C(=O)Oc2ccc(-c3ccc(C(=O)OCCCCOC(=O)C=C)cc3)cc2)cc1C. The Labute approximate surface area is 294 Å². The lowest BCUT2D eigenvalue weighted by molar-refractivity contribution is -0.138. The molecule has 0 saturated heterocycles. The van der Waals surface area contributed by atoms with Gasteiger partial charge in [-0.1, -0.05) is 69.2 Å². The van der Waals surface area contributed by atoms with Gasteiger partial charge in [0.2, 0.25) is 0 Å². The third-order valence-corrected chi connectivity index (χ3v) is 7.53. The van der Waals surface area contributed by atoms with Crippen LogP contribution in [0.3, 0.4) is 0 Å². The van der Waals surface area contributed by atoms with Crippen molar-refractivity contribution in [2.45, 2.75) is 58.3 Å². The van der Waals surface area contributed by atoms with Gasteiger partial charge >= 0.3 is 23.9 Å². The molecular formula is C41H46O9. The summed E-state index contributed by atoms with van der Waals surface area (Å²) in [7, 11) is 0. The first-order chi connectivity index (χ1) is 24.3. The number of aryl methyl sites for hydroxylation is 1. The number of carbonyl (C=O) groups is 4. The van der Waals surface area contributed by atoms with Crippen molar-refractivity contribution in [2.24, 2.45) is 0 Å². The van der Waals surface area contributed by atoms with Crippen LogP contribution in [0.4, 0.5) is 0 Å². The van der Waals surface area contributed by atoms with E-state index in [0.717, 1.165) is 72.6 Å². The van der Waals surface area contributed by atoms with Gasteiger partial charge in [-0.2, -0.15) is 0 Å². The molecule has 0 saturated carbocycles. The molecule has 0 atom stereocenters. The van der Waals surface area contributed by atoms with Gasteiger partial charge in [-0.15, -0.1) is 0 Å². The maximum atomic E-state index is 12.5. The summed E-state index contributed by atoms with van der Waals surface area (Å²) in [6.07, 6.45) is 12.7. The van der Waals surface area contributed by atoms with Crippen molar-refractivity contribution in [3.63, 3.8) is 0 Å². The molecule has 0 aliphatic heterocycles. The minimum absolute atomic E-state index is 0.228. The first kappa shape index (κ1) is 39.0. The molecule has 50 heavy (non-hydrogen) atoms. The molecule has 0 unspecified atom stereocenters. The summed E-state index contributed by atoms with van der Waals surface area (Å²) in [6.45, 7) is 10.2. The third kappa shape index (κ3) is 14.8. The van der Waals surface area contributed by atoms with Gasteiger partial charge in [0, 0.05) is 18.2 Å². The van der Waals surface area contributed by atoms with E-state index in [2.05, 4.69) is 13.2 Å². The second-order valence-electron chi connectivity index (χ2n) is 11.4. The molecule has 0 fully saturated rings. The number of benzene rings is 3. The molecule has 0 spiro atoms. The highest BCUT2D eigenvalue weighted by atomic mass is 16.5. The molecule has 264 valence electrons. The Hall–Kier alpha value is -5.44. The van der Waals surface area contributed by atoms with Crippen molar-refractivity contribution < 1.29 is 42.9 Å².